The van der Waals surface area contributed by atoms with Crippen molar-refractivity contribution >= 4 is 60.3 Å². The van der Waals surface area contributed by atoms with E-state index < -0.39 is 11.8 Å². The maximum atomic E-state index is 13.0. The Morgan fingerprint density at radius 2 is 1.58 bits per heavy atom. The standard InChI is InChI=1S/C24H18Br2N4O3/c25-16-11-17-21(18(26)12-16)28-24(33)22(17)30-29-19(31)13-27-23(32)20(14-7-3-1-4-8-14)15-9-5-2-6-10-15/h1-12,20,28,33H,13H2,(H,27,32). The van der Waals surface area contributed by atoms with Gasteiger partial charge in [0.15, 0.2) is 5.69 Å². The summed E-state index contributed by atoms with van der Waals surface area (Å²) >= 11 is 6.80. The Morgan fingerprint density at radius 3 is 2.18 bits per heavy atom. The molecule has 9 heteroatoms. The van der Waals surface area contributed by atoms with Crippen LogP contribution in [0, 0.1) is 0 Å². The summed E-state index contributed by atoms with van der Waals surface area (Å²) in [5.74, 6) is -1.74. The van der Waals surface area contributed by atoms with Crippen molar-refractivity contribution in [3.63, 3.8) is 0 Å². The number of nitrogens with one attached hydrogen (secondary N) is 2. The third-order valence-corrected chi connectivity index (χ3v) is 6.06. The van der Waals surface area contributed by atoms with Gasteiger partial charge in [-0.15, -0.1) is 10.2 Å². The zero-order chi connectivity index (χ0) is 23.4. The minimum absolute atomic E-state index is 0.137. The molecule has 166 valence electrons. The lowest BCUT2D eigenvalue weighted by molar-refractivity contribution is -0.125. The molecule has 3 aromatic carbocycles. The zero-order valence-corrected chi connectivity index (χ0v) is 20.3. The van der Waals surface area contributed by atoms with E-state index in [1.54, 1.807) is 6.07 Å². The van der Waals surface area contributed by atoms with Crippen LogP contribution in [0.3, 0.4) is 0 Å². The molecule has 2 amide bonds. The highest BCUT2D eigenvalue weighted by Crippen LogP contribution is 2.40. The fraction of sp³-hybridized carbons (Fsp3) is 0.0833. The van der Waals surface area contributed by atoms with Crippen LogP contribution in [0.1, 0.15) is 17.0 Å². The summed E-state index contributed by atoms with van der Waals surface area (Å²) in [6.07, 6.45) is 0. The SMILES string of the molecule is O=C(CNC(=O)C(c1ccccc1)c1ccccc1)N=Nc1c(O)[nH]c2c(Br)cc(Br)cc12. The number of hydrogen-bond acceptors (Lipinski definition) is 4. The number of azo groups is 1. The van der Waals surface area contributed by atoms with E-state index in [9.17, 15) is 14.7 Å². The van der Waals surface area contributed by atoms with E-state index in [1.807, 2.05) is 66.7 Å². The number of aromatic hydroxyl groups is 1. The predicted molar refractivity (Wildman–Crippen MR) is 133 cm³/mol. The van der Waals surface area contributed by atoms with Crippen LogP contribution in [0.25, 0.3) is 10.9 Å². The van der Waals surface area contributed by atoms with Crippen molar-refractivity contribution in [2.24, 2.45) is 10.2 Å². The van der Waals surface area contributed by atoms with Crippen molar-refractivity contribution in [2.45, 2.75) is 5.92 Å². The maximum absolute atomic E-state index is 13.0. The average Bonchev–Trinajstić information content (AvgIpc) is 3.13. The molecule has 4 aromatic rings. The molecular weight excluding hydrogens is 552 g/mol. The van der Waals surface area contributed by atoms with E-state index in [0.29, 0.717) is 10.9 Å². The molecule has 0 saturated carbocycles. The second kappa shape index (κ2) is 10.1. The molecule has 0 bridgehead atoms. The van der Waals surface area contributed by atoms with Gasteiger partial charge in [0.2, 0.25) is 11.8 Å². The van der Waals surface area contributed by atoms with Crippen molar-refractivity contribution < 1.29 is 14.7 Å². The number of aromatic amines is 1. The molecule has 0 fully saturated rings. The third-order valence-electron chi connectivity index (χ3n) is 4.98. The number of rotatable bonds is 6. The Morgan fingerprint density at radius 1 is 0.970 bits per heavy atom. The van der Waals surface area contributed by atoms with E-state index >= 15 is 0 Å². The zero-order valence-electron chi connectivity index (χ0n) is 17.1. The van der Waals surface area contributed by atoms with Crippen LogP contribution in [0.15, 0.2) is 92.0 Å². The number of halogens is 2. The molecule has 0 aliphatic carbocycles. The average molecular weight is 570 g/mol. The van der Waals surface area contributed by atoms with Gasteiger partial charge in [-0.05, 0) is 39.2 Å². The summed E-state index contributed by atoms with van der Waals surface area (Å²) in [6.45, 7) is -0.324. The number of fused-ring (bicyclic) bond motifs is 1. The Kier molecular flexibility index (Phi) is 7.00. The minimum atomic E-state index is -0.647. The molecule has 4 rings (SSSR count). The van der Waals surface area contributed by atoms with Crippen molar-refractivity contribution in [1.82, 2.24) is 10.3 Å². The monoisotopic (exact) mass is 568 g/mol. The molecule has 0 unspecified atom stereocenters. The normalized spacial score (nSPS) is 11.4. The summed E-state index contributed by atoms with van der Waals surface area (Å²) in [5.41, 5.74) is 2.39. The second-order valence-corrected chi connectivity index (χ2v) is 8.97. The maximum Gasteiger partial charge on any atom is 0.283 e. The Bertz CT molecular complexity index is 1300. The first kappa shape index (κ1) is 22.9. The van der Waals surface area contributed by atoms with Gasteiger partial charge in [0, 0.05) is 14.3 Å². The molecule has 0 radical (unpaired) electrons. The lowest BCUT2D eigenvalue weighted by Crippen LogP contribution is -2.33. The lowest BCUT2D eigenvalue weighted by Gasteiger charge is -2.17. The minimum Gasteiger partial charge on any atom is -0.493 e. The fourth-order valence-corrected chi connectivity index (χ4v) is 4.81. The topological polar surface area (TPSA) is 107 Å². The number of aromatic nitrogens is 1. The van der Waals surface area contributed by atoms with E-state index in [2.05, 4.69) is 52.4 Å². The third kappa shape index (κ3) is 5.20. The number of H-pyrrole nitrogens is 1. The molecule has 33 heavy (non-hydrogen) atoms. The number of hydrogen-bond donors (Lipinski definition) is 3. The summed E-state index contributed by atoms with van der Waals surface area (Å²) in [5, 5.41) is 21.0. The van der Waals surface area contributed by atoms with Gasteiger partial charge in [0.1, 0.15) is 6.54 Å². The number of carbonyl (C=O) groups excluding carboxylic acids is 2. The van der Waals surface area contributed by atoms with E-state index in [0.717, 1.165) is 20.1 Å². The number of carbonyl (C=O) groups is 2. The predicted octanol–water partition coefficient (Wildman–Crippen LogP) is 5.96. The summed E-state index contributed by atoms with van der Waals surface area (Å²) in [7, 11) is 0. The number of benzene rings is 3. The summed E-state index contributed by atoms with van der Waals surface area (Å²) in [4.78, 5) is 28.1. The Hall–Kier alpha value is -3.30. The molecule has 1 aromatic heterocycles. The first-order chi connectivity index (χ1) is 15.9. The van der Waals surface area contributed by atoms with Gasteiger partial charge >= 0.3 is 0 Å². The quantitative estimate of drug-likeness (QED) is 0.249. The van der Waals surface area contributed by atoms with Gasteiger partial charge in [-0.25, -0.2) is 0 Å². The van der Waals surface area contributed by atoms with Crippen LogP contribution in [0.5, 0.6) is 5.88 Å². The molecule has 0 spiro atoms. The first-order valence-corrected chi connectivity index (χ1v) is 11.5. The molecule has 0 aliphatic rings. The van der Waals surface area contributed by atoms with Gasteiger partial charge in [0.25, 0.3) is 5.91 Å². The van der Waals surface area contributed by atoms with Crippen molar-refractivity contribution in [3.8, 4) is 5.88 Å². The highest BCUT2D eigenvalue weighted by Gasteiger charge is 2.23. The van der Waals surface area contributed by atoms with Crippen LogP contribution in [0.2, 0.25) is 0 Å². The number of nitrogens with zero attached hydrogens (tertiary/aromatic N) is 2. The van der Waals surface area contributed by atoms with Crippen molar-refractivity contribution in [2.75, 3.05) is 6.54 Å². The van der Waals surface area contributed by atoms with Gasteiger partial charge in [-0.3, -0.25) is 9.59 Å². The molecule has 1 heterocycles. The van der Waals surface area contributed by atoms with Crippen LogP contribution in [0.4, 0.5) is 5.69 Å². The molecule has 0 saturated heterocycles. The van der Waals surface area contributed by atoms with Gasteiger partial charge in [0.05, 0.1) is 11.4 Å². The van der Waals surface area contributed by atoms with Gasteiger partial charge in [-0.2, -0.15) is 0 Å². The molecule has 7 nitrogen and oxygen atoms in total. The molecule has 3 N–H and O–H groups in total. The summed E-state index contributed by atoms with van der Waals surface area (Å²) in [6, 6.07) is 22.3. The Labute approximate surface area is 206 Å². The Balaban J connectivity index is 1.49. The van der Waals surface area contributed by atoms with Crippen LogP contribution >= 0.6 is 31.9 Å². The smallest absolute Gasteiger partial charge is 0.283 e. The molecule has 0 atom stereocenters. The van der Waals surface area contributed by atoms with E-state index in [1.165, 1.54) is 0 Å². The van der Waals surface area contributed by atoms with Crippen LogP contribution in [-0.2, 0) is 9.59 Å². The largest absolute Gasteiger partial charge is 0.493 e. The van der Waals surface area contributed by atoms with E-state index in [-0.39, 0.29) is 24.0 Å². The lowest BCUT2D eigenvalue weighted by atomic mass is 9.90. The van der Waals surface area contributed by atoms with Crippen molar-refractivity contribution in [1.29, 1.82) is 0 Å². The van der Waals surface area contributed by atoms with Gasteiger partial charge < -0.3 is 15.4 Å². The first-order valence-electron chi connectivity index (χ1n) is 9.96. The molecular formula is C24H18Br2N4O3. The van der Waals surface area contributed by atoms with E-state index in [4.69, 9.17) is 0 Å². The summed E-state index contributed by atoms with van der Waals surface area (Å²) < 4.78 is 1.49. The van der Waals surface area contributed by atoms with Crippen LogP contribution in [-0.4, -0.2) is 28.4 Å². The van der Waals surface area contributed by atoms with Crippen LogP contribution < -0.4 is 5.32 Å². The van der Waals surface area contributed by atoms with Gasteiger partial charge in [-0.1, -0.05) is 76.6 Å². The molecule has 0 aliphatic heterocycles. The fourth-order valence-electron chi connectivity index (χ4n) is 3.49. The second-order valence-electron chi connectivity index (χ2n) is 7.20. The highest BCUT2D eigenvalue weighted by atomic mass is 79.9. The number of amides is 2. The van der Waals surface area contributed by atoms with Crippen molar-refractivity contribution in [3.05, 3.63) is 92.9 Å². The highest BCUT2D eigenvalue weighted by molar-refractivity contribution is 9.11.